The summed E-state index contributed by atoms with van der Waals surface area (Å²) in [4.78, 5) is 1.45. The van der Waals surface area contributed by atoms with Crippen molar-refractivity contribution in [3.8, 4) is 0 Å². The molecule has 1 aromatic heterocycles. The minimum atomic E-state index is -4.10. The van der Waals surface area contributed by atoms with Gasteiger partial charge in [0.05, 0.1) is 6.54 Å². The molecule has 102 valence electrons. The van der Waals surface area contributed by atoms with E-state index in [1.165, 1.54) is 16.2 Å². The van der Waals surface area contributed by atoms with Crippen molar-refractivity contribution in [1.29, 1.82) is 0 Å². The molecule has 1 unspecified atom stereocenters. The second-order valence-electron chi connectivity index (χ2n) is 4.25. The summed E-state index contributed by atoms with van der Waals surface area (Å²) in [5, 5.41) is 11.4. The fourth-order valence-corrected chi connectivity index (χ4v) is 3.00. The molecule has 1 aromatic rings. The SMILES string of the molecule is FC(F)(F)CN1CCC(CNc2nnc(Br)s2)C1. The highest BCUT2D eigenvalue weighted by atomic mass is 79.9. The molecule has 0 bridgehead atoms. The molecule has 1 aliphatic heterocycles. The highest BCUT2D eigenvalue weighted by molar-refractivity contribution is 9.11. The molecule has 0 saturated carbocycles. The number of aromatic nitrogens is 2. The lowest BCUT2D eigenvalue weighted by atomic mass is 10.1. The van der Waals surface area contributed by atoms with Crippen molar-refractivity contribution < 1.29 is 13.2 Å². The fraction of sp³-hybridized carbons (Fsp3) is 0.778. The van der Waals surface area contributed by atoms with Crippen LogP contribution in [0.25, 0.3) is 0 Å². The second-order valence-corrected chi connectivity index (χ2v) is 6.50. The van der Waals surface area contributed by atoms with Crippen LogP contribution in [0.2, 0.25) is 0 Å². The van der Waals surface area contributed by atoms with Crippen LogP contribution in [-0.4, -0.2) is 47.5 Å². The van der Waals surface area contributed by atoms with Gasteiger partial charge in [-0.2, -0.15) is 13.2 Å². The van der Waals surface area contributed by atoms with E-state index in [0.29, 0.717) is 28.7 Å². The highest BCUT2D eigenvalue weighted by Crippen LogP contribution is 2.24. The van der Waals surface area contributed by atoms with Gasteiger partial charge in [0.1, 0.15) is 0 Å². The van der Waals surface area contributed by atoms with E-state index < -0.39 is 12.7 Å². The summed E-state index contributed by atoms with van der Waals surface area (Å²) in [6.45, 7) is 0.808. The molecule has 1 fully saturated rings. The van der Waals surface area contributed by atoms with E-state index in [9.17, 15) is 13.2 Å². The minimum Gasteiger partial charge on any atom is -0.360 e. The average Bonchev–Trinajstić information content (AvgIpc) is 2.82. The van der Waals surface area contributed by atoms with Gasteiger partial charge in [-0.1, -0.05) is 11.3 Å². The molecular formula is C9H12BrF3N4S. The van der Waals surface area contributed by atoms with E-state index >= 15 is 0 Å². The van der Waals surface area contributed by atoms with Crippen molar-refractivity contribution in [2.75, 3.05) is 31.5 Å². The Bertz CT molecular complexity index is 397. The summed E-state index contributed by atoms with van der Waals surface area (Å²) >= 11 is 4.57. The quantitative estimate of drug-likeness (QED) is 0.911. The Labute approximate surface area is 115 Å². The zero-order chi connectivity index (χ0) is 13.2. The number of halogens is 4. The number of nitrogens with one attached hydrogen (secondary N) is 1. The fourth-order valence-electron chi connectivity index (χ4n) is 1.99. The Balaban J connectivity index is 1.73. The smallest absolute Gasteiger partial charge is 0.360 e. The summed E-state index contributed by atoms with van der Waals surface area (Å²) in [6.07, 6.45) is -3.32. The minimum absolute atomic E-state index is 0.232. The van der Waals surface area contributed by atoms with Gasteiger partial charge in [0, 0.05) is 13.1 Å². The number of rotatable bonds is 4. The van der Waals surface area contributed by atoms with Crippen molar-refractivity contribution in [3.63, 3.8) is 0 Å². The lowest BCUT2D eigenvalue weighted by Gasteiger charge is -2.17. The van der Waals surface area contributed by atoms with Crippen LogP contribution in [0.5, 0.6) is 0 Å². The number of hydrogen-bond donors (Lipinski definition) is 1. The first kappa shape index (κ1) is 14.0. The van der Waals surface area contributed by atoms with Gasteiger partial charge in [-0.05, 0) is 34.8 Å². The van der Waals surface area contributed by atoms with E-state index in [0.717, 1.165) is 6.42 Å². The van der Waals surface area contributed by atoms with Gasteiger partial charge in [-0.3, -0.25) is 4.90 Å². The summed E-state index contributed by atoms with van der Waals surface area (Å²) in [7, 11) is 0. The molecule has 0 aliphatic carbocycles. The lowest BCUT2D eigenvalue weighted by Crippen LogP contribution is -2.33. The first-order chi connectivity index (χ1) is 8.42. The number of alkyl halides is 3. The van der Waals surface area contributed by atoms with Crippen molar-refractivity contribution in [2.24, 2.45) is 5.92 Å². The lowest BCUT2D eigenvalue weighted by molar-refractivity contribution is -0.143. The summed E-state index contributed by atoms with van der Waals surface area (Å²) in [5.74, 6) is 0.232. The van der Waals surface area contributed by atoms with Crippen LogP contribution in [0.15, 0.2) is 3.92 Å². The summed E-state index contributed by atoms with van der Waals surface area (Å²) < 4.78 is 37.3. The molecule has 1 saturated heterocycles. The zero-order valence-electron chi connectivity index (χ0n) is 9.37. The van der Waals surface area contributed by atoms with E-state index in [1.54, 1.807) is 0 Å². The Hall–Kier alpha value is -0.410. The third-order valence-corrected chi connectivity index (χ3v) is 4.03. The van der Waals surface area contributed by atoms with Crippen LogP contribution in [0.1, 0.15) is 6.42 Å². The number of likely N-dealkylation sites (tertiary alicyclic amines) is 1. The van der Waals surface area contributed by atoms with Gasteiger partial charge in [-0.15, -0.1) is 10.2 Å². The predicted octanol–water partition coefficient (Wildman–Crippen LogP) is 2.60. The molecule has 1 atom stereocenters. The Morgan fingerprint density at radius 1 is 1.44 bits per heavy atom. The third kappa shape index (κ3) is 4.36. The van der Waals surface area contributed by atoms with Crippen molar-refractivity contribution in [3.05, 3.63) is 3.92 Å². The summed E-state index contributed by atoms with van der Waals surface area (Å²) in [6, 6.07) is 0. The maximum atomic E-state index is 12.2. The van der Waals surface area contributed by atoms with E-state index in [1.807, 2.05) is 0 Å². The Kier molecular flexibility index (Phi) is 4.44. The zero-order valence-corrected chi connectivity index (χ0v) is 11.8. The van der Waals surface area contributed by atoms with Crippen molar-refractivity contribution in [2.45, 2.75) is 12.6 Å². The first-order valence-corrected chi connectivity index (χ1v) is 7.05. The molecule has 0 aromatic carbocycles. The van der Waals surface area contributed by atoms with Crippen LogP contribution in [0, 0.1) is 5.92 Å². The van der Waals surface area contributed by atoms with E-state index in [-0.39, 0.29) is 5.92 Å². The molecule has 0 radical (unpaired) electrons. The number of hydrogen-bond acceptors (Lipinski definition) is 5. The van der Waals surface area contributed by atoms with Crippen LogP contribution >= 0.6 is 27.3 Å². The van der Waals surface area contributed by atoms with E-state index in [4.69, 9.17) is 0 Å². The summed E-state index contributed by atoms with van der Waals surface area (Å²) in [5.41, 5.74) is 0. The molecule has 0 amide bonds. The van der Waals surface area contributed by atoms with Crippen LogP contribution in [0.3, 0.4) is 0 Å². The van der Waals surface area contributed by atoms with E-state index in [2.05, 4.69) is 31.4 Å². The van der Waals surface area contributed by atoms with Gasteiger partial charge < -0.3 is 5.32 Å². The average molecular weight is 345 g/mol. The molecular weight excluding hydrogens is 333 g/mol. The molecule has 4 nitrogen and oxygen atoms in total. The van der Waals surface area contributed by atoms with Gasteiger partial charge >= 0.3 is 6.18 Å². The largest absolute Gasteiger partial charge is 0.401 e. The topological polar surface area (TPSA) is 41.0 Å². The molecule has 2 heterocycles. The molecule has 0 spiro atoms. The van der Waals surface area contributed by atoms with Gasteiger partial charge in [0.15, 0.2) is 3.92 Å². The van der Waals surface area contributed by atoms with Crippen LogP contribution in [0.4, 0.5) is 18.3 Å². The predicted molar refractivity (Wildman–Crippen MR) is 66.7 cm³/mol. The molecule has 2 rings (SSSR count). The monoisotopic (exact) mass is 344 g/mol. The van der Waals surface area contributed by atoms with Gasteiger partial charge in [0.2, 0.25) is 5.13 Å². The standard InChI is InChI=1S/C9H12BrF3N4S/c10-7-15-16-8(18-7)14-3-6-1-2-17(4-6)5-9(11,12)13/h6H,1-5H2,(H,14,16). The second kappa shape index (κ2) is 5.70. The van der Waals surface area contributed by atoms with Crippen LogP contribution < -0.4 is 5.32 Å². The third-order valence-electron chi connectivity index (χ3n) is 2.72. The molecule has 1 N–H and O–H groups in total. The molecule has 1 aliphatic rings. The highest BCUT2D eigenvalue weighted by Gasteiger charge is 2.34. The molecule has 9 heteroatoms. The van der Waals surface area contributed by atoms with Crippen molar-refractivity contribution in [1.82, 2.24) is 15.1 Å². The maximum absolute atomic E-state index is 12.2. The molecule has 18 heavy (non-hydrogen) atoms. The Morgan fingerprint density at radius 2 is 2.22 bits per heavy atom. The van der Waals surface area contributed by atoms with Crippen LogP contribution in [-0.2, 0) is 0 Å². The first-order valence-electron chi connectivity index (χ1n) is 5.44. The van der Waals surface area contributed by atoms with Gasteiger partial charge in [0.25, 0.3) is 0 Å². The number of anilines is 1. The number of nitrogens with zero attached hydrogens (tertiary/aromatic N) is 3. The van der Waals surface area contributed by atoms with Crippen molar-refractivity contribution >= 4 is 32.4 Å². The Morgan fingerprint density at radius 3 is 2.83 bits per heavy atom. The van der Waals surface area contributed by atoms with Gasteiger partial charge in [-0.25, -0.2) is 0 Å². The normalized spacial score (nSPS) is 21.4. The maximum Gasteiger partial charge on any atom is 0.401 e.